The fourth-order valence-electron chi connectivity index (χ4n) is 3.95. The Balaban J connectivity index is 1.48. The summed E-state index contributed by atoms with van der Waals surface area (Å²) < 4.78 is 26.6. The highest BCUT2D eigenvalue weighted by Gasteiger charge is 2.24. The minimum Gasteiger partial charge on any atom is -0.347 e. The number of rotatable bonds is 5. The summed E-state index contributed by atoms with van der Waals surface area (Å²) in [4.78, 5) is 30.1. The Bertz CT molecular complexity index is 1180. The average Bonchev–Trinajstić information content (AvgIpc) is 2.97. The van der Waals surface area contributed by atoms with Crippen molar-refractivity contribution in [2.24, 2.45) is 10.1 Å². The molecule has 0 fully saturated rings. The van der Waals surface area contributed by atoms with Crippen LogP contribution in [0.3, 0.4) is 0 Å². The fraction of sp³-hybridized carbons (Fsp3) is 0.280. The van der Waals surface area contributed by atoms with E-state index in [0.29, 0.717) is 18.5 Å². The fourth-order valence-corrected chi connectivity index (χ4v) is 3.95. The van der Waals surface area contributed by atoms with E-state index in [9.17, 15) is 18.4 Å². The SMILES string of the molecule is O=C(NCc1ccc(F)c(F)c1)C1=NCC/C=N\N/C(C(=O)NC2CCCc3ccccc32)=C\1. The molecule has 1 aliphatic heterocycles. The van der Waals surface area contributed by atoms with Crippen molar-refractivity contribution in [3.05, 3.63) is 82.6 Å². The first kappa shape index (κ1) is 23.3. The van der Waals surface area contributed by atoms with Gasteiger partial charge in [-0.1, -0.05) is 30.3 Å². The van der Waals surface area contributed by atoms with E-state index in [-0.39, 0.29) is 24.0 Å². The Labute approximate surface area is 196 Å². The van der Waals surface area contributed by atoms with Crippen LogP contribution in [-0.2, 0) is 22.6 Å². The molecule has 0 aromatic heterocycles. The number of hydrazone groups is 1. The molecular weight excluding hydrogens is 440 g/mol. The van der Waals surface area contributed by atoms with Crippen molar-refractivity contribution in [2.45, 2.75) is 38.3 Å². The lowest BCUT2D eigenvalue weighted by atomic mass is 9.87. The van der Waals surface area contributed by atoms with E-state index in [4.69, 9.17) is 0 Å². The van der Waals surface area contributed by atoms with E-state index in [1.54, 1.807) is 6.21 Å². The maximum atomic E-state index is 13.4. The zero-order chi connectivity index (χ0) is 23.9. The molecule has 0 bridgehead atoms. The molecule has 2 aromatic rings. The summed E-state index contributed by atoms with van der Waals surface area (Å²) in [5, 5.41) is 9.72. The number of halogens is 2. The van der Waals surface area contributed by atoms with Gasteiger partial charge in [0.25, 0.3) is 11.8 Å². The highest BCUT2D eigenvalue weighted by molar-refractivity contribution is 6.44. The predicted octanol–water partition coefficient (Wildman–Crippen LogP) is 3.08. The number of benzene rings is 2. The summed E-state index contributed by atoms with van der Waals surface area (Å²) in [6, 6.07) is 11.3. The molecule has 0 saturated heterocycles. The Morgan fingerprint density at radius 2 is 1.94 bits per heavy atom. The van der Waals surface area contributed by atoms with Gasteiger partial charge in [-0.2, -0.15) is 5.10 Å². The molecule has 176 valence electrons. The summed E-state index contributed by atoms with van der Waals surface area (Å²) in [6.45, 7) is 0.285. The van der Waals surface area contributed by atoms with Crippen LogP contribution in [0.1, 0.15) is 42.0 Å². The van der Waals surface area contributed by atoms with Crippen LogP contribution in [0.15, 0.2) is 64.3 Å². The quantitative estimate of drug-likeness (QED) is 0.633. The van der Waals surface area contributed by atoms with Gasteiger partial charge in [0.1, 0.15) is 11.4 Å². The van der Waals surface area contributed by atoms with Gasteiger partial charge in [0.15, 0.2) is 11.6 Å². The van der Waals surface area contributed by atoms with Crippen molar-refractivity contribution >= 4 is 23.7 Å². The molecule has 1 atom stereocenters. The third-order valence-corrected chi connectivity index (χ3v) is 5.69. The zero-order valence-electron chi connectivity index (χ0n) is 18.5. The number of nitrogens with zero attached hydrogens (tertiary/aromatic N) is 2. The molecule has 9 heteroatoms. The first-order chi connectivity index (χ1) is 16.5. The molecule has 0 saturated carbocycles. The third-order valence-electron chi connectivity index (χ3n) is 5.69. The summed E-state index contributed by atoms with van der Waals surface area (Å²) in [5.41, 5.74) is 5.54. The van der Waals surface area contributed by atoms with Gasteiger partial charge in [-0.3, -0.25) is 20.0 Å². The summed E-state index contributed by atoms with van der Waals surface area (Å²) in [7, 11) is 0. The minimum absolute atomic E-state index is 0.0206. The van der Waals surface area contributed by atoms with Crippen LogP contribution in [0.2, 0.25) is 0 Å². The number of carbonyl (C=O) groups excluding carboxylic acids is 2. The average molecular weight is 466 g/mol. The first-order valence-corrected chi connectivity index (χ1v) is 11.2. The number of aryl methyl sites for hydroxylation is 1. The molecule has 34 heavy (non-hydrogen) atoms. The van der Waals surface area contributed by atoms with Crippen LogP contribution < -0.4 is 16.1 Å². The Kier molecular flexibility index (Phi) is 7.41. The lowest BCUT2D eigenvalue weighted by Gasteiger charge is -2.26. The van der Waals surface area contributed by atoms with Gasteiger partial charge in [0, 0.05) is 25.7 Å². The van der Waals surface area contributed by atoms with E-state index in [0.717, 1.165) is 37.0 Å². The molecule has 7 nitrogen and oxygen atoms in total. The van der Waals surface area contributed by atoms with E-state index in [1.807, 2.05) is 18.2 Å². The van der Waals surface area contributed by atoms with Crippen molar-refractivity contribution in [3.8, 4) is 0 Å². The molecule has 1 aliphatic carbocycles. The Morgan fingerprint density at radius 3 is 2.79 bits per heavy atom. The van der Waals surface area contributed by atoms with Crippen LogP contribution >= 0.6 is 0 Å². The summed E-state index contributed by atoms with van der Waals surface area (Å²) in [6.07, 6.45) is 6.17. The van der Waals surface area contributed by atoms with Crippen molar-refractivity contribution in [2.75, 3.05) is 6.54 Å². The number of amides is 2. The van der Waals surface area contributed by atoms with E-state index >= 15 is 0 Å². The maximum absolute atomic E-state index is 13.4. The van der Waals surface area contributed by atoms with E-state index < -0.39 is 23.4 Å². The van der Waals surface area contributed by atoms with Gasteiger partial charge in [0.2, 0.25) is 0 Å². The molecule has 1 unspecified atom stereocenters. The minimum atomic E-state index is -0.990. The van der Waals surface area contributed by atoms with E-state index in [1.165, 1.54) is 17.7 Å². The second-order valence-corrected chi connectivity index (χ2v) is 8.09. The van der Waals surface area contributed by atoms with Gasteiger partial charge in [-0.05, 0) is 54.2 Å². The zero-order valence-corrected chi connectivity index (χ0v) is 18.5. The van der Waals surface area contributed by atoms with Crippen molar-refractivity contribution in [3.63, 3.8) is 0 Å². The maximum Gasteiger partial charge on any atom is 0.269 e. The normalized spacial score (nSPS) is 20.1. The molecular formula is C25H25F2N5O2. The third kappa shape index (κ3) is 5.72. The molecule has 2 amide bonds. The Morgan fingerprint density at radius 1 is 1.09 bits per heavy atom. The number of fused-ring (bicyclic) bond motifs is 1. The molecule has 4 rings (SSSR count). The molecule has 2 aromatic carbocycles. The topological polar surface area (TPSA) is 94.9 Å². The molecule has 1 heterocycles. The lowest BCUT2D eigenvalue weighted by molar-refractivity contribution is -0.118. The number of nitrogens with one attached hydrogen (secondary N) is 3. The molecule has 0 spiro atoms. The highest BCUT2D eigenvalue weighted by atomic mass is 19.2. The second-order valence-electron chi connectivity index (χ2n) is 8.09. The predicted molar refractivity (Wildman–Crippen MR) is 125 cm³/mol. The summed E-state index contributed by atoms with van der Waals surface area (Å²) >= 11 is 0. The largest absolute Gasteiger partial charge is 0.347 e. The van der Waals surface area contributed by atoms with Gasteiger partial charge in [-0.25, -0.2) is 8.78 Å². The highest BCUT2D eigenvalue weighted by Crippen LogP contribution is 2.29. The van der Waals surface area contributed by atoms with Crippen molar-refractivity contribution < 1.29 is 18.4 Å². The van der Waals surface area contributed by atoms with Crippen LogP contribution in [0.4, 0.5) is 8.78 Å². The number of hydrogen-bond acceptors (Lipinski definition) is 5. The standard InChI is InChI=1S/C25H25F2N5O2/c26-19-10-9-16(13-20(19)27)15-29-24(33)22-14-23(32-30-12-4-11-28-22)25(34)31-21-8-3-6-17-5-1-2-7-18(17)21/h1-2,5,7,9-10,12-14,21,32H,3-4,6,8,11,15H2,(H,29,33)(H,31,34)/b23-14-,28-22?,30-12-. The monoisotopic (exact) mass is 465 g/mol. The molecule has 0 radical (unpaired) electrons. The molecule has 2 aliphatic rings. The van der Waals surface area contributed by atoms with Crippen molar-refractivity contribution in [1.82, 2.24) is 16.1 Å². The van der Waals surface area contributed by atoms with Crippen LogP contribution in [0.25, 0.3) is 0 Å². The van der Waals surface area contributed by atoms with Gasteiger partial charge < -0.3 is 10.6 Å². The van der Waals surface area contributed by atoms with Crippen LogP contribution in [-0.4, -0.2) is 30.3 Å². The van der Waals surface area contributed by atoms with Crippen LogP contribution in [0, 0.1) is 11.6 Å². The first-order valence-electron chi connectivity index (χ1n) is 11.2. The van der Waals surface area contributed by atoms with Gasteiger partial charge in [0.05, 0.1) is 6.04 Å². The number of aliphatic imine (C=N–C) groups is 1. The van der Waals surface area contributed by atoms with Gasteiger partial charge in [-0.15, -0.1) is 0 Å². The number of carbonyl (C=O) groups is 2. The molecule has 3 N–H and O–H groups in total. The van der Waals surface area contributed by atoms with Crippen LogP contribution in [0.5, 0.6) is 0 Å². The Hall–Kier alpha value is -3.88. The lowest BCUT2D eigenvalue weighted by Crippen LogP contribution is -2.36. The van der Waals surface area contributed by atoms with E-state index in [2.05, 4.69) is 32.2 Å². The summed E-state index contributed by atoms with van der Waals surface area (Å²) in [5.74, 6) is -2.89. The van der Waals surface area contributed by atoms with Gasteiger partial charge >= 0.3 is 0 Å². The smallest absolute Gasteiger partial charge is 0.269 e. The van der Waals surface area contributed by atoms with Crippen molar-refractivity contribution in [1.29, 1.82) is 0 Å². The second kappa shape index (κ2) is 10.8. The number of hydrogen-bond donors (Lipinski definition) is 3.